The van der Waals surface area contributed by atoms with Crippen LogP contribution >= 0.6 is 11.8 Å². The van der Waals surface area contributed by atoms with Gasteiger partial charge in [0.25, 0.3) is 0 Å². The SMILES string of the molecule is COc1ccc(N)cc1SCCC(=O)O. The number of methoxy groups -OCH3 is 1. The summed E-state index contributed by atoms with van der Waals surface area (Å²) >= 11 is 1.43. The van der Waals surface area contributed by atoms with Gasteiger partial charge >= 0.3 is 5.97 Å². The largest absolute Gasteiger partial charge is 0.496 e. The molecule has 0 saturated carbocycles. The first-order valence-electron chi connectivity index (χ1n) is 4.41. The Kier molecular flexibility index (Phi) is 4.30. The van der Waals surface area contributed by atoms with Crippen LogP contribution < -0.4 is 10.5 Å². The molecule has 0 saturated heterocycles. The van der Waals surface area contributed by atoms with E-state index < -0.39 is 5.97 Å². The molecule has 0 radical (unpaired) electrons. The molecule has 0 fully saturated rings. The topological polar surface area (TPSA) is 72.5 Å². The van der Waals surface area contributed by atoms with Crippen LogP contribution in [0.1, 0.15) is 6.42 Å². The maximum atomic E-state index is 10.3. The van der Waals surface area contributed by atoms with Crippen LogP contribution in [0.4, 0.5) is 5.69 Å². The zero-order valence-corrected chi connectivity index (χ0v) is 9.21. The maximum absolute atomic E-state index is 10.3. The predicted octanol–water partition coefficient (Wildman–Crippen LogP) is 1.84. The summed E-state index contributed by atoms with van der Waals surface area (Å²) < 4.78 is 5.13. The zero-order chi connectivity index (χ0) is 11.3. The Labute approximate surface area is 92.4 Å². The predicted molar refractivity (Wildman–Crippen MR) is 60.4 cm³/mol. The van der Waals surface area contributed by atoms with Crippen molar-refractivity contribution in [3.05, 3.63) is 18.2 Å². The number of thioether (sulfide) groups is 1. The molecule has 0 amide bonds. The van der Waals surface area contributed by atoms with Crippen molar-refractivity contribution in [2.75, 3.05) is 18.6 Å². The van der Waals surface area contributed by atoms with Crippen LogP contribution in [0.3, 0.4) is 0 Å². The number of benzene rings is 1. The summed E-state index contributed by atoms with van der Waals surface area (Å²) in [4.78, 5) is 11.2. The third-order valence-electron chi connectivity index (χ3n) is 1.76. The first kappa shape index (κ1) is 11.7. The third-order valence-corrected chi connectivity index (χ3v) is 2.80. The van der Waals surface area contributed by atoms with Crippen molar-refractivity contribution in [1.82, 2.24) is 0 Å². The van der Waals surface area contributed by atoms with Gasteiger partial charge in [-0.1, -0.05) is 0 Å². The highest BCUT2D eigenvalue weighted by Gasteiger charge is 2.05. The summed E-state index contributed by atoms with van der Waals surface area (Å²) in [6.45, 7) is 0. The van der Waals surface area contributed by atoms with Gasteiger partial charge in [-0.15, -0.1) is 11.8 Å². The maximum Gasteiger partial charge on any atom is 0.304 e. The Morgan fingerprint density at radius 3 is 2.93 bits per heavy atom. The zero-order valence-electron chi connectivity index (χ0n) is 8.40. The van der Waals surface area contributed by atoms with Crippen LogP contribution in [0.15, 0.2) is 23.1 Å². The van der Waals surface area contributed by atoms with Crippen molar-refractivity contribution < 1.29 is 14.6 Å². The highest BCUT2D eigenvalue weighted by atomic mass is 32.2. The van der Waals surface area contributed by atoms with Gasteiger partial charge in [0.15, 0.2) is 0 Å². The van der Waals surface area contributed by atoms with Crippen molar-refractivity contribution in [3.63, 3.8) is 0 Å². The number of hydrogen-bond acceptors (Lipinski definition) is 4. The van der Waals surface area contributed by atoms with Gasteiger partial charge in [-0.3, -0.25) is 4.79 Å². The van der Waals surface area contributed by atoms with Crippen molar-refractivity contribution in [2.24, 2.45) is 0 Å². The highest BCUT2D eigenvalue weighted by Crippen LogP contribution is 2.31. The summed E-state index contributed by atoms with van der Waals surface area (Å²) in [5, 5.41) is 8.50. The Hall–Kier alpha value is -1.36. The Morgan fingerprint density at radius 1 is 1.60 bits per heavy atom. The average molecular weight is 227 g/mol. The number of carbonyl (C=O) groups is 1. The molecule has 4 nitrogen and oxygen atoms in total. The minimum atomic E-state index is -0.801. The molecule has 1 aromatic rings. The number of carboxylic acids is 1. The molecule has 5 heteroatoms. The van der Waals surface area contributed by atoms with E-state index in [-0.39, 0.29) is 6.42 Å². The summed E-state index contributed by atoms with van der Waals surface area (Å²) in [7, 11) is 1.58. The van der Waals surface area contributed by atoms with Crippen LogP contribution in [0, 0.1) is 0 Å². The number of aliphatic carboxylic acids is 1. The van der Waals surface area contributed by atoms with Gasteiger partial charge in [0.2, 0.25) is 0 Å². The fraction of sp³-hybridized carbons (Fsp3) is 0.300. The van der Waals surface area contributed by atoms with E-state index in [0.717, 1.165) is 10.6 Å². The number of carboxylic acid groups (broad SMARTS) is 1. The molecule has 82 valence electrons. The lowest BCUT2D eigenvalue weighted by molar-refractivity contribution is -0.136. The molecular formula is C10H13NO3S. The average Bonchev–Trinajstić information content (AvgIpc) is 2.17. The van der Waals surface area contributed by atoms with Crippen LogP contribution in [-0.2, 0) is 4.79 Å². The van der Waals surface area contributed by atoms with E-state index in [1.54, 1.807) is 25.3 Å². The Morgan fingerprint density at radius 2 is 2.33 bits per heavy atom. The van der Waals surface area contributed by atoms with Crippen LogP contribution in [0.2, 0.25) is 0 Å². The first-order chi connectivity index (χ1) is 7.13. The standard InChI is InChI=1S/C10H13NO3S/c1-14-8-3-2-7(11)6-9(8)15-5-4-10(12)13/h2-3,6H,4-5,11H2,1H3,(H,12,13). The summed E-state index contributed by atoms with van der Waals surface area (Å²) in [6.07, 6.45) is 0.128. The number of nitrogen functional groups attached to an aromatic ring is 1. The lowest BCUT2D eigenvalue weighted by Gasteiger charge is -2.07. The second-order valence-electron chi connectivity index (χ2n) is 2.90. The molecule has 0 aliphatic rings. The van der Waals surface area contributed by atoms with Gasteiger partial charge in [0.05, 0.1) is 18.4 Å². The lowest BCUT2D eigenvalue weighted by Crippen LogP contribution is -1.96. The highest BCUT2D eigenvalue weighted by molar-refractivity contribution is 7.99. The molecule has 15 heavy (non-hydrogen) atoms. The smallest absolute Gasteiger partial charge is 0.304 e. The van der Waals surface area contributed by atoms with E-state index in [9.17, 15) is 4.79 Å². The molecule has 0 unspecified atom stereocenters. The summed E-state index contributed by atoms with van der Waals surface area (Å²) in [5.74, 6) is 0.430. The second kappa shape index (κ2) is 5.50. The molecular weight excluding hydrogens is 214 g/mol. The number of ether oxygens (including phenoxy) is 1. The van der Waals surface area contributed by atoms with E-state index in [4.69, 9.17) is 15.6 Å². The van der Waals surface area contributed by atoms with E-state index in [1.807, 2.05) is 0 Å². The van der Waals surface area contributed by atoms with Crippen LogP contribution in [0.5, 0.6) is 5.75 Å². The fourth-order valence-corrected chi connectivity index (χ4v) is 2.06. The van der Waals surface area contributed by atoms with Gasteiger partial charge in [-0.25, -0.2) is 0 Å². The monoisotopic (exact) mass is 227 g/mol. The van der Waals surface area contributed by atoms with E-state index in [2.05, 4.69) is 0 Å². The number of anilines is 1. The quantitative estimate of drug-likeness (QED) is 0.593. The summed E-state index contributed by atoms with van der Waals surface area (Å²) in [5.41, 5.74) is 6.28. The van der Waals surface area contributed by atoms with Gasteiger partial charge in [0.1, 0.15) is 5.75 Å². The lowest BCUT2D eigenvalue weighted by atomic mass is 10.3. The first-order valence-corrected chi connectivity index (χ1v) is 5.40. The van der Waals surface area contributed by atoms with Crippen molar-refractivity contribution >= 4 is 23.4 Å². The van der Waals surface area contributed by atoms with Crippen molar-refractivity contribution in [1.29, 1.82) is 0 Å². The van der Waals surface area contributed by atoms with E-state index in [0.29, 0.717) is 11.4 Å². The molecule has 0 heterocycles. The number of rotatable bonds is 5. The van der Waals surface area contributed by atoms with Gasteiger partial charge in [-0.2, -0.15) is 0 Å². The van der Waals surface area contributed by atoms with Crippen LogP contribution in [0.25, 0.3) is 0 Å². The van der Waals surface area contributed by atoms with E-state index >= 15 is 0 Å². The molecule has 1 aromatic carbocycles. The van der Waals surface area contributed by atoms with Crippen LogP contribution in [-0.4, -0.2) is 23.9 Å². The van der Waals surface area contributed by atoms with Crippen molar-refractivity contribution in [3.8, 4) is 5.75 Å². The number of nitrogens with two attached hydrogens (primary N) is 1. The third kappa shape index (κ3) is 3.71. The van der Waals surface area contributed by atoms with Gasteiger partial charge in [-0.05, 0) is 18.2 Å². The molecule has 0 aliphatic carbocycles. The molecule has 0 aromatic heterocycles. The normalized spacial score (nSPS) is 9.93. The molecule has 0 atom stereocenters. The van der Waals surface area contributed by atoms with Gasteiger partial charge in [0, 0.05) is 11.4 Å². The fourth-order valence-electron chi connectivity index (χ4n) is 1.05. The second-order valence-corrected chi connectivity index (χ2v) is 4.04. The number of hydrogen-bond donors (Lipinski definition) is 2. The molecule has 3 N–H and O–H groups in total. The Balaban J connectivity index is 2.65. The minimum Gasteiger partial charge on any atom is -0.496 e. The van der Waals surface area contributed by atoms with E-state index in [1.165, 1.54) is 11.8 Å². The minimum absolute atomic E-state index is 0.128. The molecule has 0 aliphatic heterocycles. The molecule has 1 rings (SSSR count). The Bertz CT molecular complexity index is 355. The van der Waals surface area contributed by atoms with Crippen molar-refractivity contribution in [2.45, 2.75) is 11.3 Å². The molecule has 0 spiro atoms. The summed E-state index contributed by atoms with van der Waals surface area (Å²) in [6, 6.07) is 5.31. The van der Waals surface area contributed by atoms with Gasteiger partial charge < -0.3 is 15.6 Å². The molecule has 0 bridgehead atoms.